The molecule has 2 aromatic rings. The lowest BCUT2D eigenvalue weighted by Gasteiger charge is -2.00. The molecule has 96 valence electrons. The van der Waals surface area contributed by atoms with Crippen LogP contribution in [0.2, 0.25) is 5.02 Å². The van der Waals surface area contributed by atoms with Crippen molar-refractivity contribution in [1.82, 2.24) is 5.32 Å². The van der Waals surface area contributed by atoms with Crippen LogP contribution in [-0.4, -0.2) is 18.3 Å². The van der Waals surface area contributed by atoms with Crippen LogP contribution in [0, 0.1) is 6.92 Å². The number of hydrogen-bond donors (Lipinski definition) is 1. The van der Waals surface area contributed by atoms with E-state index in [1.54, 1.807) is 0 Å². The predicted molar refractivity (Wildman–Crippen MR) is 76.2 cm³/mol. The number of amides is 1. The highest BCUT2D eigenvalue weighted by Crippen LogP contribution is 2.35. The van der Waals surface area contributed by atoms with Gasteiger partial charge in [-0.1, -0.05) is 23.7 Å². The number of benzene rings is 1. The lowest BCUT2D eigenvalue weighted by Crippen LogP contribution is -2.30. The van der Waals surface area contributed by atoms with Gasteiger partial charge in [-0.15, -0.1) is 16.4 Å². The molecule has 0 fully saturated rings. The summed E-state index contributed by atoms with van der Waals surface area (Å²) in [6.45, 7) is 2.30. The van der Waals surface area contributed by atoms with Gasteiger partial charge in [-0.3, -0.25) is 4.79 Å². The van der Waals surface area contributed by atoms with Crippen molar-refractivity contribution < 1.29 is 4.79 Å². The summed E-state index contributed by atoms with van der Waals surface area (Å²) in [6.07, 6.45) is 0. The SMILES string of the molecule is Cc1ccc2c(Cl)c(C(=O)NC3=NN=NC3)sc2c1. The summed E-state index contributed by atoms with van der Waals surface area (Å²) in [5.74, 6) is 0.171. The molecular formula is C12H9ClN4OS. The van der Waals surface area contributed by atoms with Crippen molar-refractivity contribution in [3.63, 3.8) is 0 Å². The molecule has 0 radical (unpaired) electrons. The minimum atomic E-state index is -0.269. The number of carbonyl (C=O) groups is 1. The second-order valence-corrected chi connectivity index (χ2v) is 5.56. The highest BCUT2D eigenvalue weighted by molar-refractivity contribution is 7.21. The number of carbonyl (C=O) groups excluding carboxylic acids is 1. The number of thiophene rings is 1. The van der Waals surface area contributed by atoms with Crippen LogP contribution in [0.15, 0.2) is 33.6 Å². The minimum Gasteiger partial charge on any atom is -0.306 e. The van der Waals surface area contributed by atoms with Gasteiger partial charge in [0.15, 0.2) is 5.84 Å². The first-order valence-corrected chi connectivity index (χ1v) is 6.78. The summed E-state index contributed by atoms with van der Waals surface area (Å²) in [5, 5.41) is 14.9. The van der Waals surface area contributed by atoms with Crippen LogP contribution in [0.5, 0.6) is 0 Å². The van der Waals surface area contributed by atoms with E-state index in [2.05, 4.69) is 20.8 Å². The highest BCUT2D eigenvalue weighted by Gasteiger charge is 2.19. The molecular weight excluding hydrogens is 284 g/mol. The molecule has 0 atom stereocenters. The highest BCUT2D eigenvalue weighted by atomic mass is 35.5. The van der Waals surface area contributed by atoms with E-state index in [9.17, 15) is 4.79 Å². The fourth-order valence-corrected chi connectivity index (χ4v) is 3.30. The van der Waals surface area contributed by atoms with E-state index >= 15 is 0 Å². The molecule has 0 saturated carbocycles. The molecule has 1 amide bonds. The van der Waals surface area contributed by atoms with Gasteiger partial charge in [0, 0.05) is 10.1 Å². The molecule has 0 saturated heterocycles. The topological polar surface area (TPSA) is 66.2 Å². The molecule has 7 heteroatoms. The fraction of sp³-hybridized carbons (Fsp3) is 0.167. The van der Waals surface area contributed by atoms with Crippen LogP contribution in [0.3, 0.4) is 0 Å². The lowest BCUT2D eigenvalue weighted by molar-refractivity contribution is 0.0981. The van der Waals surface area contributed by atoms with Crippen molar-refractivity contribution >= 4 is 44.8 Å². The molecule has 5 nitrogen and oxygen atoms in total. The fourth-order valence-electron chi connectivity index (χ4n) is 1.79. The van der Waals surface area contributed by atoms with Gasteiger partial charge in [0.2, 0.25) is 0 Å². The Morgan fingerprint density at radius 3 is 3.05 bits per heavy atom. The van der Waals surface area contributed by atoms with Crippen LogP contribution in [0.25, 0.3) is 10.1 Å². The summed E-state index contributed by atoms with van der Waals surface area (Å²) in [5.41, 5.74) is 1.13. The van der Waals surface area contributed by atoms with E-state index < -0.39 is 0 Å². The third-order valence-electron chi connectivity index (χ3n) is 2.70. The minimum absolute atomic E-state index is 0.269. The Labute approximate surface area is 118 Å². The summed E-state index contributed by atoms with van der Waals surface area (Å²) in [6, 6.07) is 5.92. The third kappa shape index (κ3) is 2.24. The quantitative estimate of drug-likeness (QED) is 0.860. The number of halogens is 1. The Morgan fingerprint density at radius 2 is 2.32 bits per heavy atom. The smallest absolute Gasteiger partial charge is 0.268 e. The van der Waals surface area contributed by atoms with Crippen LogP contribution >= 0.6 is 22.9 Å². The Hall–Kier alpha value is -1.79. The summed E-state index contributed by atoms with van der Waals surface area (Å²) < 4.78 is 0.998. The molecule has 0 spiro atoms. The number of nitrogens with zero attached hydrogens (tertiary/aromatic N) is 3. The van der Waals surface area contributed by atoms with Gasteiger partial charge in [0.1, 0.15) is 11.4 Å². The number of fused-ring (bicyclic) bond motifs is 1. The maximum Gasteiger partial charge on any atom is 0.268 e. The second-order valence-electron chi connectivity index (χ2n) is 4.13. The van der Waals surface area contributed by atoms with Crippen molar-refractivity contribution in [2.75, 3.05) is 6.54 Å². The van der Waals surface area contributed by atoms with E-state index in [4.69, 9.17) is 11.6 Å². The number of hydrogen-bond acceptors (Lipinski definition) is 5. The van der Waals surface area contributed by atoms with Gasteiger partial charge in [0.05, 0.1) is 5.02 Å². The molecule has 1 aromatic heterocycles. The molecule has 19 heavy (non-hydrogen) atoms. The van der Waals surface area contributed by atoms with Gasteiger partial charge >= 0.3 is 0 Å². The van der Waals surface area contributed by atoms with Crippen molar-refractivity contribution in [2.24, 2.45) is 15.4 Å². The molecule has 1 N–H and O–H groups in total. The van der Waals surface area contributed by atoms with E-state index in [1.807, 2.05) is 25.1 Å². The van der Waals surface area contributed by atoms with E-state index in [0.29, 0.717) is 22.3 Å². The van der Waals surface area contributed by atoms with Gasteiger partial charge in [-0.25, -0.2) is 0 Å². The maximum absolute atomic E-state index is 12.1. The van der Waals surface area contributed by atoms with Crippen molar-refractivity contribution in [1.29, 1.82) is 0 Å². The molecule has 1 aromatic carbocycles. The number of rotatable bonds is 1. The van der Waals surface area contributed by atoms with Crippen molar-refractivity contribution in [3.8, 4) is 0 Å². The van der Waals surface area contributed by atoms with Crippen molar-refractivity contribution in [2.45, 2.75) is 6.92 Å². The van der Waals surface area contributed by atoms with Crippen molar-refractivity contribution in [3.05, 3.63) is 33.7 Å². The average Bonchev–Trinajstić information content (AvgIpc) is 2.97. The van der Waals surface area contributed by atoms with Crippen LogP contribution < -0.4 is 5.32 Å². The molecule has 0 unspecified atom stereocenters. The van der Waals surface area contributed by atoms with E-state index in [0.717, 1.165) is 15.6 Å². The second kappa shape index (κ2) is 4.71. The first-order chi connectivity index (χ1) is 9.15. The maximum atomic E-state index is 12.1. The summed E-state index contributed by atoms with van der Waals surface area (Å²) in [4.78, 5) is 12.6. The van der Waals surface area contributed by atoms with Gasteiger partial charge < -0.3 is 5.32 Å². The Morgan fingerprint density at radius 1 is 1.47 bits per heavy atom. The number of nitrogens with one attached hydrogen (secondary N) is 1. The van der Waals surface area contributed by atoms with Gasteiger partial charge in [-0.2, -0.15) is 5.11 Å². The molecule has 0 aliphatic carbocycles. The van der Waals surface area contributed by atoms with Crippen LogP contribution in [-0.2, 0) is 0 Å². The van der Waals surface area contributed by atoms with Crippen LogP contribution in [0.1, 0.15) is 15.2 Å². The molecule has 3 rings (SSSR count). The zero-order chi connectivity index (χ0) is 13.4. The van der Waals surface area contributed by atoms with E-state index in [-0.39, 0.29) is 5.91 Å². The summed E-state index contributed by atoms with van der Waals surface area (Å²) >= 11 is 7.62. The van der Waals surface area contributed by atoms with Gasteiger partial charge in [0.25, 0.3) is 5.91 Å². The zero-order valence-electron chi connectivity index (χ0n) is 9.98. The lowest BCUT2D eigenvalue weighted by atomic mass is 10.2. The Bertz CT molecular complexity index is 735. The van der Waals surface area contributed by atoms with E-state index in [1.165, 1.54) is 11.3 Å². The summed E-state index contributed by atoms with van der Waals surface area (Å²) in [7, 11) is 0. The average molecular weight is 293 g/mol. The first kappa shape index (κ1) is 12.3. The van der Waals surface area contributed by atoms with Gasteiger partial charge in [-0.05, 0) is 23.8 Å². The first-order valence-electron chi connectivity index (χ1n) is 5.58. The standard InChI is InChI=1S/C12H9ClN4OS/c1-6-2-3-7-8(4-6)19-11(10(7)13)12(18)15-9-5-14-17-16-9/h2-4H,5H2,1H3,(H,14,15,16,18). The Balaban J connectivity index is 1.96. The Kier molecular flexibility index (Phi) is 3.04. The molecule has 0 bridgehead atoms. The largest absolute Gasteiger partial charge is 0.306 e. The zero-order valence-corrected chi connectivity index (χ0v) is 11.5. The monoisotopic (exact) mass is 292 g/mol. The van der Waals surface area contributed by atoms with Crippen LogP contribution in [0.4, 0.5) is 0 Å². The third-order valence-corrected chi connectivity index (χ3v) is 4.35. The number of aryl methyl sites for hydroxylation is 1. The predicted octanol–water partition coefficient (Wildman–Crippen LogP) is 3.37. The molecule has 1 aliphatic rings. The number of amidine groups is 1. The molecule has 2 heterocycles. The normalized spacial score (nSPS) is 13.9. The molecule has 1 aliphatic heterocycles.